The van der Waals surface area contributed by atoms with Crippen LogP contribution >= 0.6 is 23.2 Å². The van der Waals surface area contributed by atoms with E-state index in [4.69, 9.17) is 37.4 Å². The van der Waals surface area contributed by atoms with Crippen molar-refractivity contribution in [1.82, 2.24) is 9.47 Å². The molecule has 0 unspecified atom stereocenters. The summed E-state index contributed by atoms with van der Waals surface area (Å²) in [4.78, 5) is 29.6. The van der Waals surface area contributed by atoms with Gasteiger partial charge in [-0.1, -0.05) is 61.2 Å². The maximum atomic E-state index is 12.6. The number of aromatic nitrogens is 1. The minimum atomic E-state index is -0.794. The highest BCUT2D eigenvalue weighted by Crippen LogP contribution is 2.33. The first-order valence-electron chi connectivity index (χ1n) is 15.5. The Kier molecular flexibility index (Phi) is 13.3. The van der Waals surface area contributed by atoms with E-state index < -0.39 is 6.16 Å². The zero-order valence-electron chi connectivity index (χ0n) is 25.7. The summed E-state index contributed by atoms with van der Waals surface area (Å²) in [5.41, 5.74) is 2.72. The van der Waals surface area contributed by atoms with Crippen molar-refractivity contribution < 1.29 is 19.0 Å². The molecule has 2 aromatic carbocycles. The molecule has 0 aliphatic carbocycles. The summed E-state index contributed by atoms with van der Waals surface area (Å²) < 4.78 is 17.9. The summed E-state index contributed by atoms with van der Waals surface area (Å²) in [6.45, 7) is 9.60. The van der Waals surface area contributed by atoms with Crippen LogP contribution in [-0.4, -0.2) is 61.6 Å². The molecular weight excluding hydrogens is 601 g/mol. The Morgan fingerprint density at radius 2 is 1.75 bits per heavy atom. The largest absolute Gasteiger partial charge is 0.510 e. The quantitative estimate of drug-likeness (QED) is 0.0946. The number of carbonyl (C=O) groups is 1. The fourth-order valence-corrected chi connectivity index (χ4v) is 5.79. The molecule has 8 nitrogen and oxygen atoms in total. The lowest BCUT2D eigenvalue weighted by atomic mass is 10.1. The third-order valence-electron chi connectivity index (χ3n) is 7.85. The number of pyridine rings is 1. The summed E-state index contributed by atoms with van der Waals surface area (Å²) in [7, 11) is 0. The fraction of sp³-hybridized carbons (Fsp3) is 0.471. The highest BCUT2D eigenvalue weighted by Gasteiger charge is 2.19. The van der Waals surface area contributed by atoms with Crippen LogP contribution in [0.1, 0.15) is 52.4 Å². The molecule has 0 radical (unpaired) electrons. The first-order chi connectivity index (χ1) is 21.4. The predicted molar refractivity (Wildman–Crippen MR) is 178 cm³/mol. The highest BCUT2D eigenvalue weighted by atomic mass is 35.5. The van der Waals surface area contributed by atoms with Gasteiger partial charge < -0.3 is 19.1 Å². The van der Waals surface area contributed by atoms with Gasteiger partial charge >= 0.3 is 6.16 Å². The first-order valence-corrected chi connectivity index (χ1v) is 16.3. The van der Waals surface area contributed by atoms with Crippen LogP contribution in [0.15, 0.2) is 65.0 Å². The Labute approximate surface area is 270 Å². The minimum Gasteiger partial charge on any atom is -0.494 e. The minimum absolute atomic E-state index is 0.235. The molecule has 238 valence electrons. The zero-order valence-corrected chi connectivity index (χ0v) is 27.2. The van der Waals surface area contributed by atoms with Gasteiger partial charge in [0.25, 0.3) is 5.56 Å². The molecule has 1 aromatic heterocycles. The molecule has 1 fully saturated rings. The third-order valence-corrected chi connectivity index (χ3v) is 8.66. The van der Waals surface area contributed by atoms with Crippen molar-refractivity contribution in [2.75, 3.05) is 50.8 Å². The van der Waals surface area contributed by atoms with Crippen molar-refractivity contribution in [2.24, 2.45) is 0 Å². The number of ether oxygens (including phenoxy) is 3. The second-order valence-electron chi connectivity index (χ2n) is 10.9. The second kappa shape index (κ2) is 17.3. The monoisotopic (exact) mass is 643 g/mol. The van der Waals surface area contributed by atoms with Crippen LogP contribution in [0, 0.1) is 0 Å². The van der Waals surface area contributed by atoms with Crippen LogP contribution in [0.2, 0.25) is 10.0 Å². The summed E-state index contributed by atoms with van der Waals surface area (Å²) in [6.07, 6.45) is 7.03. The van der Waals surface area contributed by atoms with Gasteiger partial charge in [0.05, 0.1) is 34.5 Å². The number of piperazine rings is 1. The number of nitrogens with zero attached hydrogens (tertiary/aromatic N) is 3. The molecule has 1 aliphatic heterocycles. The maximum Gasteiger partial charge on any atom is 0.510 e. The molecule has 0 N–H and O–H groups in total. The van der Waals surface area contributed by atoms with Gasteiger partial charge in [0.1, 0.15) is 5.75 Å². The number of hydrogen-bond acceptors (Lipinski definition) is 7. The molecule has 4 rings (SSSR count). The number of hydrogen-bond donors (Lipinski definition) is 0. The Balaban J connectivity index is 1.20. The number of unbranched alkanes of at least 4 members (excludes halogenated alkanes) is 1. The molecule has 0 amide bonds. The van der Waals surface area contributed by atoms with Crippen molar-refractivity contribution in [3.63, 3.8) is 0 Å². The van der Waals surface area contributed by atoms with E-state index in [0.29, 0.717) is 34.3 Å². The zero-order chi connectivity index (χ0) is 31.3. The molecule has 0 saturated carbocycles. The lowest BCUT2D eigenvalue weighted by molar-refractivity contribution is 0.0351. The first kappa shape index (κ1) is 33.7. The Bertz CT molecular complexity index is 1470. The van der Waals surface area contributed by atoms with Crippen molar-refractivity contribution >= 4 is 45.9 Å². The van der Waals surface area contributed by atoms with E-state index in [0.717, 1.165) is 75.9 Å². The number of rotatable bonds is 15. The molecule has 1 saturated heterocycles. The molecule has 10 heteroatoms. The lowest BCUT2D eigenvalue weighted by Gasteiger charge is -2.36. The number of anilines is 1. The molecule has 44 heavy (non-hydrogen) atoms. The van der Waals surface area contributed by atoms with E-state index in [1.807, 2.05) is 36.4 Å². The standard InChI is InChI=1S/C34H43Cl2N3O5/c1-3-9-26(4-2)10-8-23-43-34(41)44-25-39-31-24-28(15-13-27(31)14-16-32(39)40)42-22-6-5-17-37-18-20-38(21-19-37)30-12-7-11-29(35)33(30)36/h7,10-16,24H,3-6,8-9,17-23,25H2,1-2H3/b26-10-. The lowest BCUT2D eigenvalue weighted by Crippen LogP contribution is -2.46. The van der Waals surface area contributed by atoms with Crippen LogP contribution < -0.4 is 15.2 Å². The summed E-state index contributed by atoms with van der Waals surface area (Å²) in [5.74, 6) is 0.664. The van der Waals surface area contributed by atoms with Gasteiger partial charge in [-0.25, -0.2) is 4.79 Å². The van der Waals surface area contributed by atoms with E-state index in [1.54, 1.807) is 6.07 Å². The fourth-order valence-electron chi connectivity index (χ4n) is 5.38. The highest BCUT2D eigenvalue weighted by molar-refractivity contribution is 6.43. The third kappa shape index (κ3) is 9.65. The van der Waals surface area contributed by atoms with Crippen LogP contribution in [0.25, 0.3) is 10.9 Å². The summed E-state index contributed by atoms with van der Waals surface area (Å²) in [6, 6.07) is 14.6. The SMILES string of the molecule is CCC/C(=C\CCOC(=O)OCn1c(=O)ccc2ccc(OCCCCN3CCN(c4cccc(Cl)c4Cl)CC3)cc21)CC. The van der Waals surface area contributed by atoms with Gasteiger partial charge in [-0.3, -0.25) is 14.3 Å². The van der Waals surface area contributed by atoms with Gasteiger partial charge in [-0.2, -0.15) is 0 Å². The van der Waals surface area contributed by atoms with Crippen LogP contribution in [0.5, 0.6) is 5.75 Å². The van der Waals surface area contributed by atoms with Crippen LogP contribution in [0.4, 0.5) is 10.5 Å². The molecule has 3 aromatic rings. The van der Waals surface area contributed by atoms with Crippen molar-refractivity contribution in [3.8, 4) is 5.75 Å². The van der Waals surface area contributed by atoms with Gasteiger partial charge in [-0.05, 0) is 74.4 Å². The molecule has 0 spiro atoms. The molecule has 0 atom stereocenters. The maximum absolute atomic E-state index is 12.6. The molecule has 0 bridgehead atoms. The number of halogens is 2. The van der Waals surface area contributed by atoms with Gasteiger partial charge in [0, 0.05) is 38.3 Å². The normalized spacial score (nSPS) is 14.2. The van der Waals surface area contributed by atoms with E-state index in [9.17, 15) is 9.59 Å². The average molecular weight is 645 g/mol. The van der Waals surface area contributed by atoms with Crippen LogP contribution in [0.3, 0.4) is 0 Å². The number of fused-ring (bicyclic) bond motifs is 1. The number of allylic oxidation sites excluding steroid dienone is 1. The summed E-state index contributed by atoms with van der Waals surface area (Å²) in [5, 5.41) is 2.05. The van der Waals surface area contributed by atoms with Gasteiger partial charge in [-0.15, -0.1) is 0 Å². The Morgan fingerprint density at radius 1 is 0.955 bits per heavy atom. The van der Waals surface area contributed by atoms with Crippen molar-refractivity contribution in [2.45, 2.75) is 59.1 Å². The molecule has 1 aliphatic rings. The van der Waals surface area contributed by atoms with E-state index in [-0.39, 0.29) is 18.9 Å². The van der Waals surface area contributed by atoms with E-state index in [1.165, 1.54) is 16.2 Å². The molecular formula is C34H43Cl2N3O5. The van der Waals surface area contributed by atoms with E-state index in [2.05, 4.69) is 29.7 Å². The van der Waals surface area contributed by atoms with E-state index >= 15 is 0 Å². The topological polar surface area (TPSA) is 73.2 Å². The average Bonchev–Trinajstić information content (AvgIpc) is 3.03. The van der Waals surface area contributed by atoms with Gasteiger partial charge in [0.15, 0.2) is 6.73 Å². The van der Waals surface area contributed by atoms with Crippen molar-refractivity contribution in [1.29, 1.82) is 0 Å². The molecule has 2 heterocycles. The number of benzene rings is 2. The number of carbonyl (C=O) groups excluding carboxylic acids is 1. The Morgan fingerprint density at radius 3 is 2.52 bits per heavy atom. The smallest absolute Gasteiger partial charge is 0.494 e. The Hall–Kier alpha value is -3.20. The summed E-state index contributed by atoms with van der Waals surface area (Å²) >= 11 is 12.6. The van der Waals surface area contributed by atoms with Crippen molar-refractivity contribution in [3.05, 3.63) is 80.6 Å². The van der Waals surface area contributed by atoms with Crippen LogP contribution in [-0.2, 0) is 16.2 Å². The second-order valence-corrected chi connectivity index (χ2v) is 11.7. The van der Waals surface area contributed by atoms with Gasteiger partial charge in [0.2, 0.25) is 0 Å². The predicted octanol–water partition coefficient (Wildman–Crippen LogP) is 7.93.